The van der Waals surface area contributed by atoms with Gasteiger partial charge in [-0.25, -0.2) is 18.4 Å². The number of imidazole rings is 1. The number of nitrogens with zero attached hydrogens (tertiary/aromatic N) is 5. The number of rotatable bonds is 4. The van der Waals surface area contributed by atoms with Gasteiger partial charge >= 0.3 is 0 Å². The highest BCUT2D eigenvalue weighted by Crippen LogP contribution is 2.36. The first-order chi connectivity index (χ1) is 15.9. The molecule has 0 spiro atoms. The molecule has 4 aromatic rings. The smallest absolute Gasteiger partial charge is 0.289 e. The van der Waals surface area contributed by atoms with Crippen molar-refractivity contribution in [3.05, 3.63) is 87.2 Å². The van der Waals surface area contributed by atoms with Crippen molar-refractivity contribution in [2.45, 2.75) is 17.7 Å². The molecule has 3 heterocycles. The van der Waals surface area contributed by atoms with Crippen molar-refractivity contribution in [1.82, 2.24) is 19.5 Å². The van der Waals surface area contributed by atoms with E-state index in [0.29, 0.717) is 11.3 Å². The Kier molecular flexibility index (Phi) is 4.91. The molecule has 1 aliphatic rings. The number of nitrogens with one attached hydrogen (secondary N) is 1. The molecule has 1 aliphatic heterocycles. The minimum atomic E-state index is -4.39. The largest absolute Gasteiger partial charge is 0.351 e. The number of para-hydroxylation sites is 2. The Labute approximate surface area is 186 Å². The quantitative estimate of drug-likeness (QED) is 0.352. The average Bonchev–Trinajstić information content (AvgIpc) is 3.15. The Morgan fingerprint density at radius 3 is 2.70 bits per heavy atom. The van der Waals surface area contributed by atoms with Crippen LogP contribution in [-0.4, -0.2) is 39.4 Å². The van der Waals surface area contributed by atoms with E-state index in [-0.39, 0.29) is 24.3 Å². The van der Waals surface area contributed by atoms with Crippen LogP contribution in [0.25, 0.3) is 11.2 Å². The van der Waals surface area contributed by atoms with E-state index in [1.54, 1.807) is 24.3 Å². The van der Waals surface area contributed by atoms with Crippen LogP contribution in [0.1, 0.15) is 11.8 Å². The maximum Gasteiger partial charge on any atom is 0.289 e. The van der Waals surface area contributed by atoms with Gasteiger partial charge in [-0.2, -0.15) is 0 Å². The van der Waals surface area contributed by atoms with E-state index >= 15 is 0 Å². The fourth-order valence-corrected chi connectivity index (χ4v) is 5.45. The van der Waals surface area contributed by atoms with E-state index in [9.17, 15) is 23.3 Å². The molecule has 0 radical (unpaired) electrons. The molecule has 0 bridgehead atoms. The van der Waals surface area contributed by atoms with Crippen molar-refractivity contribution in [2.75, 3.05) is 10.8 Å². The van der Waals surface area contributed by atoms with Crippen LogP contribution in [-0.2, 0) is 21.4 Å². The molecule has 0 saturated carbocycles. The first kappa shape index (κ1) is 20.8. The van der Waals surface area contributed by atoms with Crippen molar-refractivity contribution in [1.29, 1.82) is 0 Å². The lowest BCUT2D eigenvalue weighted by atomic mass is 10.2. The molecule has 0 amide bonds. The molecule has 0 fully saturated rings. The first-order valence-corrected chi connectivity index (χ1v) is 11.2. The number of aromatic amines is 1. The van der Waals surface area contributed by atoms with E-state index in [0.717, 1.165) is 10.4 Å². The summed E-state index contributed by atoms with van der Waals surface area (Å²) >= 11 is 0. The Morgan fingerprint density at radius 1 is 1.12 bits per heavy atom. The maximum absolute atomic E-state index is 13.7. The zero-order chi connectivity index (χ0) is 23.2. The van der Waals surface area contributed by atoms with Gasteiger partial charge in [0.1, 0.15) is 6.33 Å². The van der Waals surface area contributed by atoms with Crippen LogP contribution in [0.5, 0.6) is 0 Å². The second-order valence-corrected chi connectivity index (χ2v) is 9.04. The van der Waals surface area contributed by atoms with Crippen LogP contribution in [0.15, 0.2) is 70.9 Å². The molecule has 33 heavy (non-hydrogen) atoms. The summed E-state index contributed by atoms with van der Waals surface area (Å²) in [6.07, 6.45) is 1.62. The number of nitro groups is 1. The van der Waals surface area contributed by atoms with E-state index in [1.165, 1.54) is 35.4 Å². The molecule has 0 aliphatic carbocycles. The number of ether oxygens (including phenoxy) is 1. The third-order valence-electron chi connectivity index (χ3n) is 5.33. The van der Waals surface area contributed by atoms with E-state index < -0.39 is 37.3 Å². The van der Waals surface area contributed by atoms with Gasteiger partial charge in [-0.3, -0.25) is 23.8 Å². The minimum absolute atomic E-state index is 0.0432. The Hall–Kier alpha value is -4.10. The number of nitro benzene ring substituents is 1. The molecule has 2 aromatic heterocycles. The summed E-state index contributed by atoms with van der Waals surface area (Å²) < 4.78 is 35.9. The number of fused-ring (bicyclic) bond motifs is 2. The Balaban J connectivity index is 1.68. The van der Waals surface area contributed by atoms with Crippen LogP contribution < -0.4 is 9.86 Å². The molecule has 2 aromatic carbocycles. The van der Waals surface area contributed by atoms with Gasteiger partial charge in [0.05, 0.1) is 30.1 Å². The third kappa shape index (κ3) is 3.43. The van der Waals surface area contributed by atoms with E-state index in [1.807, 2.05) is 0 Å². The zero-order valence-electron chi connectivity index (χ0n) is 16.9. The monoisotopic (exact) mass is 468 g/mol. The highest BCUT2D eigenvalue weighted by Gasteiger charge is 2.37. The van der Waals surface area contributed by atoms with Gasteiger partial charge in [0.15, 0.2) is 22.3 Å². The summed E-state index contributed by atoms with van der Waals surface area (Å²) in [6.45, 7) is -0.216. The van der Waals surface area contributed by atoms with Crippen molar-refractivity contribution < 1.29 is 18.1 Å². The molecular formula is C20H16N6O6S. The van der Waals surface area contributed by atoms with Crippen LogP contribution in [0, 0.1) is 10.1 Å². The average molecular weight is 468 g/mol. The summed E-state index contributed by atoms with van der Waals surface area (Å²) in [6, 6.07) is 11.9. The van der Waals surface area contributed by atoms with Gasteiger partial charge in [-0.15, -0.1) is 0 Å². The Morgan fingerprint density at radius 2 is 1.88 bits per heavy atom. The normalized spacial score (nSPS) is 16.4. The van der Waals surface area contributed by atoms with Crippen molar-refractivity contribution in [3.63, 3.8) is 0 Å². The number of hydrogen-bond donors (Lipinski definition) is 1. The molecule has 13 heteroatoms. The SMILES string of the molecule is O=c1[nH]cnc2ncn(C3CN(S(=O)(=O)c4ccccc4[N+](=O)[O-])c4ccccc4CO3)c12. The van der Waals surface area contributed by atoms with Gasteiger partial charge in [0.2, 0.25) is 0 Å². The topological polar surface area (TPSA) is 153 Å². The van der Waals surface area contributed by atoms with Gasteiger partial charge in [-0.05, 0) is 12.1 Å². The van der Waals surface area contributed by atoms with Crippen molar-refractivity contribution in [2.24, 2.45) is 0 Å². The van der Waals surface area contributed by atoms with Crippen molar-refractivity contribution >= 4 is 32.6 Å². The summed E-state index contributed by atoms with van der Waals surface area (Å²) in [5.74, 6) is 0. The molecule has 1 unspecified atom stereocenters. The predicted molar refractivity (Wildman–Crippen MR) is 116 cm³/mol. The number of anilines is 1. The molecule has 1 N–H and O–H groups in total. The molecular weight excluding hydrogens is 452 g/mol. The van der Waals surface area contributed by atoms with Crippen LogP contribution >= 0.6 is 0 Å². The second kappa shape index (κ2) is 7.79. The zero-order valence-corrected chi connectivity index (χ0v) is 17.7. The number of aromatic nitrogens is 4. The van der Waals surface area contributed by atoms with Crippen molar-refractivity contribution in [3.8, 4) is 0 Å². The molecule has 1 atom stereocenters. The van der Waals surface area contributed by atoms with Crippen LogP contribution in [0.3, 0.4) is 0 Å². The minimum Gasteiger partial charge on any atom is -0.351 e. The van der Waals surface area contributed by atoms with Gasteiger partial charge in [0, 0.05) is 11.6 Å². The fourth-order valence-electron chi connectivity index (χ4n) is 3.80. The number of hydrogen-bond acceptors (Lipinski definition) is 8. The lowest BCUT2D eigenvalue weighted by Gasteiger charge is -2.27. The molecule has 168 valence electrons. The maximum atomic E-state index is 13.7. The molecule has 5 rings (SSSR count). The lowest BCUT2D eigenvalue weighted by Crippen LogP contribution is -2.36. The van der Waals surface area contributed by atoms with Gasteiger partial charge in [0.25, 0.3) is 21.3 Å². The van der Waals surface area contributed by atoms with Crippen LogP contribution in [0.4, 0.5) is 11.4 Å². The Bertz CT molecular complexity index is 1550. The summed E-state index contributed by atoms with van der Waals surface area (Å²) in [4.78, 5) is 33.4. The summed E-state index contributed by atoms with van der Waals surface area (Å²) in [5, 5.41) is 11.5. The second-order valence-electron chi connectivity index (χ2n) is 7.21. The number of H-pyrrole nitrogens is 1. The number of benzene rings is 2. The summed E-state index contributed by atoms with van der Waals surface area (Å²) in [7, 11) is -4.39. The standard InChI is InChI=1S/C20H16N6O6S/c27-20-18-19(21-11-22-20)23-12-24(18)17-9-25(14-6-2-1-5-13(14)10-32-17)33(30,31)16-8-4-3-7-15(16)26(28)29/h1-8,11-12,17H,9-10H2,(H,21,22,27). The summed E-state index contributed by atoms with van der Waals surface area (Å²) in [5.41, 5.74) is 0.198. The predicted octanol–water partition coefficient (Wildman–Crippen LogP) is 1.95. The van der Waals surface area contributed by atoms with Gasteiger partial charge in [-0.1, -0.05) is 30.3 Å². The van der Waals surface area contributed by atoms with E-state index in [4.69, 9.17) is 4.74 Å². The first-order valence-electron chi connectivity index (χ1n) is 9.74. The number of sulfonamides is 1. The highest BCUT2D eigenvalue weighted by molar-refractivity contribution is 7.93. The highest BCUT2D eigenvalue weighted by atomic mass is 32.2. The van der Waals surface area contributed by atoms with Gasteiger partial charge < -0.3 is 9.72 Å². The van der Waals surface area contributed by atoms with E-state index in [2.05, 4.69) is 15.0 Å². The molecule has 12 nitrogen and oxygen atoms in total. The lowest BCUT2D eigenvalue weighted by molar-refractivity contribution is -0.387. The fraction of sp³-hybridized carbons (Fsp3) is 0.150. The van der Waals surface area contributed by atoms with Crippen LogP contribution in [0.2, 0.25) is 0 Å². The molecule has 0 saturated heterocycles. The third-order valence-corrected chi connectivity index (χ3v) is 7.15.